The molecule has 1 aromatic carbocycles. The van der Waals surface area contributed by atoms with Crippen LogP contribution in [0, 0.1) is 5.92 Å². The molecule has 3 N–H and O–H groups in total. The molecule has 2 atom stereocenters. The largest absolute Gasteiger partial charge is 0.481 e. The van der Waals surface area contributed by atoms with Gasteiger partial charge in [-0.2, -0.15) is 0 Å². The molecule has 5 heteroatoms. The summed E-state index contributed by atoms with van der Waals surface area (Å²) < 4.78 is 0. The van der Waals surface area contributed by atoms with Crippen molar-refractivity contribution in [3.05, 3.63) is 35.4 Å². The Balaban J connectivity index is 1.72. The first-order chi connectivity index (χ1) is 10.1. The molecular formula is C16H20N2O3. The third kappa shape index (κ3) is 3.24. The van der Waals surface area contributed by atoms with E-state index in [2.05, 4.69) is 10.6 Å². The molecule has 0 radical (unpaired) electrons. The van der Waals surface area contributed by atoms with Gasteiger partial charge in [-0.05, 0) is 29.9 Å². The Morgan fingerprint density at radius 1 is 1.33 bits per heavy atom. The number of amides is 1. The molecule has 112 valence electrons. The van der Waals surface area contributed by atoms with E-state index < -0.39 is 5.97 Å². The number of aliphatic carboxylic acids is 1. The van der Waals surface area contributed by atoms with Crippen LogP contribution in [-0.2, 0) is 16.1 Å². The molecule has 1 aromatic rings. The fraction of sp³-hybridized carbons (Fsp3) is 0.500. The second-order valence-electron chi connectivity index (χ2n) is 5.93. The van der Waals surface area contributed by atoms with Gasteiger partial charge in [-0.15, -0.1) is 0 Å². The van der Waals surface area contributed by atoms with Crippen LogP contribution in [0.15, 0.2) is 24.3 Å². The Morgan fingerprint density at radius 2 is 2.10 bits per heavy atom. The average Bonchev–Trinajstić information content (AvgIpc) is 3.30. The van der Waals surface area contributed by atoms with Crippen molar-refractivity contribution in [3.63, 3.8) is 0 Å². The highest BCUT2D eigenvalue weighted by atomic mass is 16.4. The average molecular weight is 288 g/mol. The number of fused-ring (bicyclic) bond motifs is 1. The molecule has 5 nitrogen and oxygen atoms in total. The zero-order valence-electron chi connectivity index (χ0n) is 11.8. The van der Waals surface area contributed by atoms with E-state index in [0.717, 1.165) is 30.5 Å². The van der Waals surface area contributed by atoms with Gasteiger partial charge in [-0.1, -0.05) is 24.3 Å². The first-order valence-electron chi connectivity index (χ1n) is 7.46. The van der Waals surface area contributed by atoms with Crippen LogP contribution < -0.4 is 10.6 Å². The lowest BCUT2D eigenvalue weighted by Gasteiger charge is -2.27. The third-order valence-electron chi connectivity index (χ3n) is 4.32. The molecule has 3 rings (SSSR count). The summed E-state index contributed by atoms with van der Waals surface area (Å²) in [5.41, 5.74) is 2.20. The minimum absolute atomic E-state index is 0.0121. The van der Waals surface area contributed by atoms with Crippen LogP contribution in [0.3, 0.4) is 0 Å². The summed E-state index contributed by atoms with van der Waals surface area (Å²) in [5, 5.41) is 15.2. The Hall–Kier alpha value is -1.88. The highest BCUT2D eigenvalue weighted by Crippen LogP contribution is 2.34. The van der Waals surface area contributed by atoms with Gasteiger partial charge in [0.15, 0.2) is 0 Å². The summed E-state index contributed by atoms with van der Waals surface area (Å²) in [6, 6.07) is 7.70. The first-order valence-corrected chi connectivity index (χ1v) is 7.46. The molecule has 1 aliphatic carbocycles. The maximum atomic E-state index is 12.5. The molecule has 1 saturated carbocycles. The Bertz CT molecular complexity index is 554. The number of nitrogens with one attached hydrogen (secondary N) is 2. The molecular weight excluding hydrogens is 268 g/mol. The highest BCUT2D eigenvalue weighted by Gasteiger charge is 2.36. The van der Waals surface area contributed by atoms with Crippen LogP contribution in [-0.4, -0.2) is 29.6 Å². The van der Waals surface area contributed by atoms with Crippen molar-refractivity contribution in [2.45, 2.75) is 37.8 Å². The lowest BCUT2D eigenvalue weighted by molar-refractivity contribution is -0.138. The second kappa shape index (κ2) is 5.85. The first kappa shape index (κ1) is 14.1. The van der Waals surface area contributed by atoms with E-state index in [1.807, 2.05) is 24.3 Å². The van der Waals surface area contributed by atoms with Crippen molar-refractivity contribution in [2.75, 3.05) is 6.54 Å². The van der Waals surface area contributed by atoms with E-state index in [4.69, 9.17) is 5.11 Å². The van der Waals surface area contributed by atoms with Gasteiger partial charge in [-0.3, -0.25) is 9.59 Å². The van der Waals surface area contributed by atoms with Crippen LogP contribution in [0.4, 0.5) is 0 Å². The summed E-state index contributed by atoms with van der Waals surface area (Å²) >= 11 is 0. The molecule has 21 heavy (non-hydrogen) atoms. The normalized spacial score (nSPS) is 22.2. The molecule has 0 bridgehead atoms. The fourth-order valence-corrected chi connectivity index (χ4v) is 3.04. The number of hydrogen-bond donors (Lipinski definition) is 3. The molecule has 0 aromatic heterocycles. The predicted octanol–water partition coefficient (Wildman–Crippen LogP) is 1.24. The summed E-state index contributed by atoms with van der Waals surface area (Å²) in [4.78, 5) is 23.5. The summed E-state index contributed by atoms with van der Waals surface area (Å²) in [7, 11) is 0. The molecule has 1 aliphatic heterocycles. The van der Waals surface area contributed by atoms with Crippen molar-refractivity contribution in [1.29, 1.82) is 0 Å². The van der Waals surface area contributed by atoms with E-state index >= 15 is 0 Å². The quantitative estimate of drug-likeness (QED) is 0.762. The number of rotatable bonds is 5. The molecule has 2 aliphatic rings. The molecule has 2 unspecified atom stereocenters. The topological polar surface area (TPSA) is 78.4 Å². The lowest BCUT2D eigenvalue weighted by atomic mass is 9.90. The molecule has 1 fully saturated rings. The van der Waals surface area contributed by atoms with Gasteiger partial charge in [0.25, 0.3) is 0 Å². The van der Waals surface area contributed by atoms with E-state index in [1.54, 1.807) is 0 Å². The van der Waals surface area contributed by atoms with Gasteiger partial charge < -0.3 is 15.7 Å². The van der Waals surface area contributed by atoms with E-state index in [-0.39, 0.29) is 24.3 Å². The van der Waals surface area contributed by atoms with Crippen LogP contribution in [0.25, 0.3) is 0 Å². The van der Waals surface area contributed by atoms with E-state index in [9.17, 15) is 9.59 Å². The van der Waals surface area contributed by atoms with Crippen molar-refractivity contribution in [2.24, 2.45) is 5.92 Å². The van der Waals surface area contributed by atoms with Crippen LogP contribution in [0.5, 0.6) is 0 Å². The maximum absolute atomic E-state index is 12.5. The van der Waals surface area contributed by atoms with E-state index in [0.29, 0.717) is 12.5 Å². The summed E-state index contributed by atoms with van der Waals surface area (Å²) in [5.74, 6) is -0.816. The molecule has 0 saturated heterocycles. The van der Waals surface area contributed by atoms with Crippen LogP contribution in [0.1, 0.15) is 36.3 Å². The Morgan fingerprint density at radius 3 is 2.81 bits per heavy atom. The van der Waals surface area contributed by atoms with Gasteiger partial charge in [0, 0.05) is 19.1 Å². The minimum atomic E-state index is -0.852. The fourth-order valence-electron chi connectivity index (χ4n) is 3.04. The van der Waals surface area contributed by atoms with Crippen LogP contribution >= 0.6 is 0 Å². The zero-order valence-corrected chi connectivity index (χ0v) is 11.8. The third-order valence-corrected chi connectivity index (χ3v) is 4.32. The number of carbonyl (C=O) groups excluding carboxylic acids is 1. The van der Waals surface area contributed by atoms with Gasteiger partial charge in [0.05, 0.1) is 12.3 Å². The SMILES string of the molecule is O=C(O)CC(NC(=O)C1CNCc2ccccc21)C1CC1. The Kier molecular flexibility index (Phi) is 3.92. The Labute approximate surface area is 123 Å². The van der Waals surface area contributed by atoms with Gasteiger partial charge >= 0.3 is 5.97 Å². The zero-order chi connectivity index (χ0) is 14.8. The molecule has 0 spiro atoms. The van der Waals surface area contributed by atoms with Crippen molar-refractivity contribution >= 4 is 11.9 Å². The van der Waals surface area contributed by atoms with Crippen LogP contribution in [0.2, 0.25) is 0 Å². The van der Waals surface area contributed by atoms with Crippen molar-refractivity contribution < 1.29 is 14.7 Å². The smallest absolute Gasteiger partial charge is 0.305 e. The summed E-state index contributed by atoms with van der Waals surface area (Å²) in [6.45, 7) is 1.38. The number of carboxylic acids is 1. The standard InChI is InChI=1S/C16H20N2O3/c19-15(20)7-14(10-5-6-10)18-16(21)13-9-17-8-11-3-1-2-4-12(11)13/h1-4,10,13-14,17H,5-9H2,(H,18,21)(H,19,20). The van der Waals surface area contributed by atoms with Crippen molar-refractivity contribution in [1.82, 2.24) is 10.6 Å². The minimum Gasteiger partial charge on any atom is -0.481 e. The lowest BCUT2D eigenvalue weighted by Crippen LogP contribution is -2.44. The summed E-state index contributed by atoms with van der Waals surface area (Å²) in [6.07, 6.45) is 2.04. The molecule has 1 heterocycles. The predicted molar refractivity (Wildman–Crippen MR) is 77.8 cm³/mol. The van der Waals surface area contributed by atoms with Gasteiger partial charge in [0.1, 0.15) is 0 Å². The number of benzene rings is 1. The monoisotopic (exact) mass is 288 g/mol. The van der Waals surface area contributed by atoms with Gasteiger partial charge in [0.2, 0.25) is 5.91 Å². The van der Waals surface area contributed by atoms with Crippen molar-refractivity contribution in [3.8, 4) is 0 Å². The number of hydrogen-bond acceptors (Lipinski definition) is 3. The highest BCUT2D eigenvalue weighted by molar-refractivity contribution is 5.85. The molecule has 1 amide bonds. The maximum Gasteiger partial charge on any atom is 0.305 e. The van der Waals surface area contributed by atoms with E-state index in [1.165, 1.54) is 0 Å². The van der Waals surface area contributed by atoms with Gasteiger partial charge in [-0.25, -0.2) is 0 Å². The number of carboxylic acid groups (broad SMARTS) is 1. The second-order valence-corrected chi connectivity index (χ2v) is 5.93. The number of carbonyl (C=O) groups is 2.